The lowest BCUT2D eigenvalue weighted by atomic mass is 10.2. The fourth-order valence-corrected chi connectivity index (χ4v) is 1.91. The maximum absolute atomic E-state index is 3.16. The van der Waals surface area contributed by atoms with E-state index in [0.29, 0.717) is 0 Å². The zero-order valence-electron chi connectivity index (χ0n) is 8.02. The van der Waals surface area contributed by atoms with Crippen LogP contribution in [-0.2, 0) is 0 Å². The molecule has 0 aromatic heterocycles. The molecule has 1 unspecified atom stereocenters. The molecule has 0 saturated heterocycles. The molecule has 0 amide bonds. The van der Waals surface area contributed by atoms with Gasteiger partial charge >= 0.3 is 0 Å². The monoisotopic (exact) mass is 175 g/mol. The third kappa shape index (κ3) is 8.21. The summed E-state index contributed by atoms with van der Waals surface area (Å²) in [5, 5.41) is 3.16. The van der Waals surface area contributed by atoms with E-state index in [9.17, 15) is 0 Å². The van der Waals surface area contributed by atoms with Gasteiger partial charge in [0.15, 0.2) is 0 Å². The number of thioether (sulfide) groups is 1. The van der Waals surface area contributed by atoms with Gasteiger partial charge in [0.2, 0.25) is 0 Å². The summed E-state index contributed by atoms with van der Waals surface area (Å²) < 4.78 is 0. The first-order valence-electron chi connectivity index (χ1n) is 4.53. The van der Waals surface area contributed by atoms with Gasteiger partial charge in [0, 0.05) is 0 Å². The largest absolute Gasteiger partial charge is 0.320 e. The lowest BCUT2D eigenvalue weighted by Gasteiger charge is -2.06. The molecule has 0 radical (unpaired) electrons. The van der Waals surface area contributed by atoms with Gasteiger partial charge in [0.25, 0.3) is 0 Å². The van der Waals surface area contributed by atoms with Gasteiger partial charge in [-0.15, -0.1) is 0 Å². The summed E-state index contributed by atoms with van der Waals surface area (Å²) in [5.41, 5.74) is 0. The van der Waals surface area contributed by atoms with Crippen molar-refractivity contribution in [2.75, 3.05) is 25.1 Å². The summed E-state index contributed by atoms with van der Waals surface area (Å²) >= 11 is 2.09. The minimum absolute atomic E-state index is 0.898. The Balaban J connectivity index is 2.89. The summed E-state index contributed by atoms with van der Waals surface area (Å²) in [7, 11) is 2.01. The lowest BCUT2D eigenvalue weighted by molar-refractivity contribution is 0.636. The van der Waals surface area contributed by atoms with E-state index in [1.165, 1.54) is 24.3 Å². The molecule has 0 aromatic rings. The average Bonchev–Trinajstić information content (AvgIpc) is 2.04. The Bertz CT molecular complexity index is 76.0. The highest BCUT2D eigenvalue weighted by atomic mass is 32.2. The Morgan fingerprint density at radius 2 is 2.18 bits per heavy atom. The Morgan fingerprint density at radius 1 is 1.45 bits per heavy atom. The maximum Gasteiger partial charge on any atom is -0.00419 e. The fourth-order valence-electron chi connectivity index (χ4n) is 0.753. The molecule has 68 valence electrons. The Hall–Kier alpha value is 0.310. The normalized spacial score (nSPS) is 13.4. The van der Waals surface area contributed by atoms with Gasteiger partial charge in [-0.1, -0.05) is 20.3 Å². The van der Waals surface area contributed by atoms with E-state index in [1.54, 1.807) is 0 Å². The average molecular weight is 175 g/mol. The standard InChI is InChI=1S/C9H21NS/c1-4-9(2)8-11-7-5-6-10-3/h9-10H,4-8H2,1-3H3. The number of rotatable bonds is 7. The highest BCUT2D eigenvalue weighted by molar-refractivity contribution is 7.99. The Kier molecular flexibility index (Phi) is 8.64. The SMILES string of the molecule is CCC(C)CSCCCNC. The third-order valence-electron chi connectivity index (χ3n) is 1.81. The van der Waals surface area contributed by atoms with Crippen molar-refractivity contribution in [1.82, 2.24) is 5.32 Å². The highest BCUT2D eigenvalue weighted by Crippen LogP contribution is 2.11. The minimum Gasteiger partial charge on any atom is -0.320 e. The molecule has 0 saturated carbocycles. The van der Waals surface area contributed by atoms with Crippen LogP contribution < -0.4 is 5.32 Å². The van der Waals surface area contributed by atoms with E-state index in [0.717, 1.165) is 12.5 Å². The molecular formula is C9H21NS. The van der Waals surface area contributed by atoms with Gasteiger partial charge in [-0.25, -0.2) is 0 Å². The molecule has 0 rings (SSSR count). The summed E-state index contributed by atoms with van der Waals surface area (Å²) in [6.07, 6.45) is 2.62. The Labute approximate surface area is 75.3 Å². The summed E-state index contributed by atoms with van der Waals surface area (Å²) in [6, 6.07) is 0. The van der Waals surface area contributed by atoms with Crippen LogP contribution >= 0.6 is 11.8 Å². The molecule has 0 aliphatic rings. The van der Waals surface area contributed by atoms with Gasteiger partial charge in [0.1, 0.15) is 0 Å². The van der Waals surface area contributed by atoms with E-state index in [-0.39, 0.29) is 0 Å². The first-order valence-corrected chi connectivity index (χ1v) is 5.69. The third-order valence-corrected chi connectivity index (χ3v) is 3.20. The summed E-state index contributed by atoms with van der Waals surface area (Å²) in [6.45, 7) is 5.75. The molecule has 0 spiro atoms. The zero-order chi connectivity index (χ0) is 8.53. The second-order valence-electron chi connectivity index (χ2n) is 3.05. The van der Waals surface area contributed by atoms with Gasteiger partial charge in [0.05, 0.1) is 0 Å². The second kappa shape index (κ2) is 8.41. The van der Waals surface area contributed by atoms with Crippen molar-refractivity contribution in [2.45, 2.75) is 26.7 Å². The molecule has 0 aliphatic carbocycles. The zero-order valence-corrected chi connectivity index (χ0v) is 8.84. The summed E-state index contributed by atoms with van der Waals surface area (Å²) in [4.78, 5) is 0. The number of hydrogen-bond acceptors (Lipinski definition) is 2. The van der Waals surface area contributed by atoms with Crippen LogP contribution in [0.2, 0.25) is 0 Å². The van der Waals surface area contributed by atoms with Crippen LogP contribution in [0.1, 0.15) is 26.7 Å². The number of hydrogen-bond donors (Lipinski definition) is 1. The van der Waals surface area contributed by atoms with E-state index in [1.807, 2.05) is 7.05 Å². The van der Waals surface area contributed by atoms with Crippen LogP contribution in [0, 0.1) is 5.92 Å². The van der Waals surface area contributed by atoms with Crippen LogP contribution in [0.3, 0.4) is 0 Å². The van der Waals surface area contributed by atoms with Crippen molar-refractivity contribution in [3.8, 4) is 0 Å². The van der Waals surface area contributed by atoms with Gasteiger partial charge in [-0.3, -0.25) is 0 Å². The highest BCUT2D eigenvalue weighted by Gasteiger charge is 1.97. The van der Waals surface area contributed by atoms with Crippen molar-refractivity contribution < 1.29 is 0 Å². The molecule has 1 atom stereocenters. The van der Waals surface area contributed by atoms with E-state index >= 15 is 0 Å². The first kappa shape index (κ1) is 11.3. The minimum atomic E-state index is 0.898. The fraction of sp³-hybridized carbons (Fsp3) is 1.00. The quantitative estimate of drug-likeness (QED) is 0.596. The van der Waals surface area contributed by atoms with Crippen molar-refractivity contribution >= 4 is 11.8 Å². The smallest absolute Gasteiger partial charge is 0.00419 e. The van der Waals surface area contributed by atoms with Crippen LogP contribution in [0.15, 0.2) is 0 Å². The molecule has 1 N–H and O–H groups in total. The molecule has 0 heterocycles. The van der Waals surface area contributed by atoms with Crippen LogP contribution in [0.5, 0.6) is 0 Å². The van der Waals surface area contributed by atoms with Gasteiger partial charge in [-0.05, 0) is 37.4 Å². The molecule has 0 aliphatic heterocycles. The summed E-state index contributed by atoms with van der Waals surface area (Å²) in [5.74, 6) is 3.54. The van der Waals surface area contributed by atoms with E-state index < -0.39 is 0 Å². The van der Waals surface area contributed by atoms with Crippen molar-refractivity contribution in [2.24, 2.45) is 5.92 Å². The van der Waals surface area contributed by atoms with Crippen LogP contribution in [-0.4, -0.2) is 25.1 Å². The molecule has 0 bridgehead atoms. The van der Waals surface area contributed by atoms with Crippen LogP contribution in [0.25, 0.3) is 0 Å². The van der Waals surface area contributed by atoms with E-state index in [4.69, 9.17) is 0 Å². The van der Waals surface area contributed by atoms with Gasteiger partial charge in [-0.2, -0.15) is 11.8 Å². The topological polar surface area (TPSA) is 12.0 Å². The molecule has 0 fully saturated rings. The Morgan fingerprint density at radius 3 is 2.73 bits per heavy atom. The van der Waals surface area contributed by atoms with Crippen molar-refractivity contribution in [3.05, 3.63) is 0 Å². The molecule has 0 aromatic carbocycles. The van der Waals surface area contributed by atoms with Crippen molar-refractivity contribution in [1.29, 1.82) is 0 Å². The predicted octanol–water partition coefficient (Wildman–Crippen LogP) is 2.38. The molecule has 1 nitrogen and oxygen atoms in total. The maximum atomic E-state index is 3.16. The van der Waals surface area contributed by atoms with Crippen molar-refractivity contribution in [3.63, 3.8) is 0 Å². The second-order valence-corrected chi connectivity index (χ2v) is 4.20. The predicted molar refractivity (Wildman–Crippen MR) is 55.3 cm³/mol. The lowest BCUT2D eigenvalue weighted by Crippen LogP contribution is -2.08. The van der Waals surface area contributed by atoms with Crippen LogP contribution in [0.4, 0.5) is 0 Å². The van der Waals surface area contributed by atoms with Gasteiger partial charge < -0.3 is 5.32 Å². The van der Waals surface area contributed by atoms with E-state index in [2.05, 4.69) is 30.9 Å². The molecular weight excluding hydrogens is 154 g/mol. The molecule has 2 heteroatoms. The first-order chi connectivity index (χ1) is 5.31. The number of nitrogens with one attached hydrogen (secondary N) is 1. The molecule has 11 heavy (non-hydrogen) atoms.